The maximum Gasteiger partial charge on any atom is 0.326 e. The van der Waals surface area contributed by atoms with Crippen molar-refractivity contribution >= 4 is 11.0 Å². The number of rotatable bonds is 5. The van der Waals surface area contributed by atoms with E-state index in [0.717, 1.165) is 42.9 Å². The van der Waals surface area contributed by atoms with Crippen LogP contribution in [0.1, 0.15) is 57.4 Å². The normalized spacial score (nSPS) is 21.0. The number of hydrogen-bond acceptors (Lipinski definition) is 2. The number of aromatic amines is 1. The Bertz CT molecular complexity index is 718. The first kappa shape index (κ1) is 15.9. The zero-order valence-corrected chi connectivity index (χ0v) is 14.5. The summed E-state index contributed by atoms with van der Waals surface area (Å²) in [6, 6.07) is 8.40. The van der Waals surface area contributed by atoms with Crippen LogP contribution in [-0.2, 0) is 0 Å². The first-order chi connectivity index (χ1) is 11.8. The Hall–Kier alpha value is -1.55. The van der Waals surface area contributed by atoms with Gasteiger partial charge in [-0.05, 0) is 50.3 Å². The first-order valence-electron chi connectivity index (χ1n) is 9.73. The lowest BCUT2D eigenvalue weighted by Crippen LogP contribution is -2.37. The average Bonchev–Trinajstić information content (AvgIpc) is 3.22. The third kappa shape index (κ3) is 3.30. The van der Waals surface area contributed by atoms with E-state index >= 15 is 0 Å². The molecule has 0 unspecified atom stereocenters. The van der Waals surface area contributed by atoms with E-state index in [0.29, 0.717) is 6.04 Å². The van der Waals surface area contributed by atoms with Crippen LogP contribution in [0.25, 0.3) is 11.0 Å². The van der Waals surface area contributed by atoms with Crippen LogP contribution in [-0.4, -0.2) is 34.1 Å². The van der Waals surface area contributed by atoms with E-state index in [4.69, 9.17) is 0 Å². The van der Waals surface area contributed by atoms with Gasteiger partial charge in [0.1, 0.15) is 0 Å². The summed E-state index contributed by atoms with van der Waals surface area (Å²) in [5, 5.41) is 0. The highest BCUT2D eigenvalue weighted by molar-refractivity contribution is 5.75. The Morgan fingerprint density at radius 2 is 1.79 bits per heavy atom. The van der Waals surface area contributed by atoms with Crippen molar-refractivity contribution in [3.8, 4) is 0 Å². The van der Waals surface area contributed by atoms with Gasteiger partial charge in [0.2, 0.25) is 0 Å². The molecule has 1 aromatic carbocycles. The zero-order valence-electron chi connectivity index (χ0n) is 14.5. The molecule has 2 aliphatic rings. The second-order valence-electron chi connectivity index (χ2n) is 7.68. The minimum Gasteiger partial charge on any atom is -0.306 e. The Kier molecular flexibility index (Phi) is 4.74. The SMILES string of the molecule is O=c1[nH]c2ccccc2n1C1CCN(CCCC2CCCC2)CC1. The first-order valence-corrected chi connectivity index (χ1v) is 9.73. The molecule has 1 aromatic heterocycles. The molecule has 4 nitrogen and oxygen atoms in total. The topological polar surface area (TPSA) is 41.0 Å². The number of piperidine rings is 1. The number of nitrogens with zero attached hydrogens (tertiary/aromatic N) is 2. The number of aromatic nitrogens is 2. The van der Waals surface area contributed by atoms with Gasteiger partial charge >= 0.3 is 5.69 Å². The summed E-state index contributed by atoms with van der Waals surface area (Å²) in [5.41, 5.74) is 2.07. The summed E-state index contributed by atoms with van der Waals surface area (Å²) >= 11 is 0. The van der Waals surface area contributed by atoms with Crippen molar-refractivity contribution in [3.05, 3.63) is 34.7 Å². The van der Waals surface area contributed by atoms with Gasteiger partial charge in [0.05, 0.1) is 11.0 Å². The van der Waals surface area contributed by atoms with E-state index in [-0.39, 0.29) is 5.69 Å². The number of likely N-dealkylation sites (tertiary alicyclic amines) is 1. The molecule has 1 saturated carbocycles. The second-order valence-corrected chi connectivity index (χ2v) is 7.68. The molecule has 4 rings (SSSR count). The van der Waals surface area contributed by atoms with E-state index < -0.39 is 0 Å². The van der Waals surface area contributed by atoms with Gasteiger partial charge in [-0.25, -0.2) is 4.79 Å². The van der Waals surface area contributed by atoms with E-state index in [2.05, 4.69) is 16.0 Å². The van der Waals surface area contributed by atoms with Crippen LogP contribution in [0, 0.1) is 5.92 Å². The number of benzene rings is 1. The van der Waals surface area contributed by atoms with Gasteiger partial charge in [-0.1, -0.05) is 37.8 Å². The number of fused-ring (bicyclic) bond motifs is 1. The van der Waals surface area contributed by atoms with E-state index in [1.54, 1.807) is 0 Å². The molecule has 1 saturated heterocycles. The number of para-hydroxylation sites is 2. The average molecular weight is 327 g/mol. The molecule has 2 aromatic rings. The highest BCUT2D eigenvalue weighted by Gasteiger charge is 2.23. The fourth-order valence-corrected chi connectivity index (χ4v) is 4.74. The number of hydrogen-bond donors (Lipinski definition) is 1. The highest BCUT2D eigenvalue weighted by atomic mass is 16.1. The molecule has 0 atom stereocenters. The molecule has 0 bridgehead atoms. The number of imidazole rings is 1. The van der Waals surface area contributed by atoms with Crippen LogP contribution in [0.2, 0.25) is 0 Å². The molecule has 4 heteroatoms. The molecule has 0 radical (unpaired) electrons. The van der Waals surface area contributed by atoms with Crippen molar-refractivity contribution < 1.29 is 0 Å². The summed E-state index contributed by atoms with van der Waals surface area (Å²) in [6.45, 7) is 3.49. The van der Waals surface area contributed by atoms with Crippen LogP contribution < -0.4 is 5.69 Å². The standard InChI is InChI=1S/C20H29N3O/c24-20-21-18-9-3-4-10-19(18)23(20)17-11-14-22(15-12-17)13-5-8-16-6-1-2-7-16/h3-4,9-10,16-17H,1-2,5-8,11-15H2,(H,21,24). The molecule has 1 N–H and O–H groups in total. The molecule has 130 valence electrons. The van der Waals surface area contributed by atoms with Gasteiger partial charge in [0, 0.05) is 19.1 Å². The Morgan fingerprint density at radius 3 is 2.58 bits per heavy atom. The minimum absolute atomic E-state index is 0.0517. The largest absolute Gasteiger partial charge is 0.326 e. The van der Waals surface area contributed by atoms with E-state index in [1.165, 1.54) is 45.1 Å². The van der Waals surface area contributed by atoms with Crippen molar-refractivity contribution in [2.75, 3.05) is 19.6 Å². The van der Waals surface area contributed by atoms with Crippen molar-refractivity contribution in [1.29, 1.82) is 0 Å². The Labute approximate surface area is 143 Å². The summed E-state index contributed by atoms with van der Waals surface area (Å²) < 4.78 is 1.99. The second kappa shape index (κ2) is 7.14. The van der Waals surface area contributed by atoms with Gasteiger partial charge in [0.15, 0.2) is 0 Å². The maximum absolute atomic E-state index is 12.3. The molecule has 1 aliphatic carbocycles. The summed E-state index contributed by atoms with van der Waals surface area (Å²) in [6.07, 6.45) is 10.8. The molecule has 24 heavy (non-hydrogen) atoms. The molecular formula is C20H29N3O. The van der Waals surface area contributed by atoms with Crippen molar-refractivity contribution in [2.45, 2.75) is 57.4 Å². The molecule has 0 spiro atoms. The lowest BCUT2D eigenvalue weighted by Gasteiger charge is -2.32. The summed E-state index contributed by atoms with van der Waals surface area (Å²) in [4.78, 5) is 17.9. The van der Waals surface area contributed by atoms with E-state index in [9.17, 15) is 4.79 Å². The molecule has 2 fully saturated rings. The summed E-state index contributed by atoms with van der Waals surface area (Å²) in [5.74, 6) is 1.01. The van der Waals surface area contributed by atoms with Crippen molar-refractivity contribution in [3.63, 3.8) is 0 Å². The maximum atomic E-state index is 12.3. The molecule has 1 aliphatic heterocycles. The monoisotopic (exact) mass is 327 g/mol. The fraction of sp³-hybridized carbons (Fsp3) is 0.650. The number of nitrogens with one attached hydrogen (secondary N) is 1. The Balaban J connectivity index is 1.32. The van der Waals surface area contributed by atoms with Crippen LogP contribution in [0.5, 0.6) is 0 Å². The van der Waals surface area contributed by atoms with Crippen LogP contribution >= 0.6 is 0 Å². The smallest absolute Gasteiger partial charge is 0.306 e. The van der Waals surface area contributed by atoms with Crippen molar-refractivity contribution in [1.82, 2.24) is 14.5 Å². The van der Waals surface area contributed by atoms with Crippen molar-refractivity contribution in [2.24, 2.45) is 5.92 Å². The van der Waals surface area contributed by atoms with Gasteiger partial charge in [-0.15, -0.1) is 0 Å². The minimum atomic E-state index is 0.0517. The molecule has 0 amide bonds. The summed E-state index contributed by atoms with van der Waals surface area (Å²) in [7, 11) is 0. The Morgan fingerprint density at radius 1 is 1.04 bits per heavy atom. The lowest BCUT2D eigenvalue weighted by atomic mass is 10.0. The highest BCUT2D eigenvalue weighted by Crippen LogP contribution is 2.29. The van der Waals surface area contributed by atoms with Crippen LogP contribution in [0.15, 0.2) is 29.1 Å². The number of H-pyrrole nitrogens is 1. The third-order valence-electron chi connectivity index (χ3n) is 6.11. The van der Waals surface area contributed by atoms with Gasteiger partial charge in [-0.3, -0.25) is 4.57 Å². The molecule has 2 heterocycles. The lowest BCUT2D eigenvalue weighted by molar-refractivity contribution is 0.181. The zero-order chi connectivity index (χ0) is 16.4. The van der Waals surface area contributed by atoms with Gasteiger partial charge < -0.3 is 9.88 Å². The van der Waals surface area contributed by atoms with Gasteiger partial charge in [-0.2, -0.15) is 0 Å². The predicted octanol–water partition coefficient (Wildman–Crippen LogP) is 3.94. The molecular weight excluding hydrogens is 298 g/mol. The van der Waals surface area contributed by atoms with E-state index in [1.807, 2.05) is 22.8 Å². The van der Waals surface area contributed by atoms with Crippen LogP contribution in [0.3, 0.4) is 0 Å². The van der Waals surface area contributed by atoms with Crippen LogP contribution in [0.4, 0.5) is 0 Å². The van der Waals surface area contributed by atoms with Gasteiger partial charge in [0.25, 0.3) is 0 Å². The third-order valence-corrected chi connectivity index (χ3v) is 6.11. The quantitative estimate of drug-likeness (QED) is 0.904. The fourth-order valence-electron chi connectivity index (χ4n) is 4.74. The predicted molar refractivity (Wildman–Crippen MR) is 98.5 cm³/mol.